The molecule has 1 fully saturated rings. The first-order valence-electron chi connectivity index (χ1n) is 8.13. The van der Waals surface area contributed by atoms with Crippen molar-refractivity contribution in [3.05, 3.63) is 63.2 Å². The van der Waals surface area contributed by atoms with E-state index in [-0.39, 0.29) is 17.4 Å². The van der Waals surface area contributed by atoms with Gasteiger partial charge in [0.25, 0.3) is 11.6 Å². The Balaban J connectivity index is 1.79. The molecule has 136 valence electrons. The molecule has 1 aliphatic heterocycles. The van der Waals surface area contributed by atoms with E-state index in [0.717, 1.165) is 19.4 Å². The van der Waals surface area contributed by atoms with Gasteiger partial charge >= 0.3 is 0 Å². The van der Waals surface area contributed by atoms with Crippen LogP contribution in [0.4, 0.5) is 11.4 Å². The first kappa shape index (κ1) is 18.2. The molecular formula is C18H17ClN2O5. The molecule has 1 atom stereocenters. The van der Waals surface area contributed by atoms with Crippen LogP contribution in [0.3, 0.4) is 0 Å². The van der Waals surface area contributed by atoms with E-state index in [1.54, 1.807) is 24.3 Å². The van der Waals surface area contributed by atoms with Crippen molar-refractivity contribution in [3.8, 4) is 5.75 Å². The highest BCUT2D eigenvalue weighted by Gasteiger charge is 2.21. The Morgan fingerprint density at radius 3 is 2.88 bits per heavy atom. The number of hydrogen-bond donors (Lipinski definition) is 1. The fourth-order valence-electron chi connectivity index (χ4n) is 2.70. The maximum Gasteiger partial charge on any atom is 0.282 e. The molecule has 1 aliphatic rings. The Hall–Kier alpha value is -2.64. The highest BCUT2D eigenvalue weighted by Crippen LogP contribution is 2.30. The summed E-state index contributed by atoms with van der Waals surface area (Å²) < 4.78 is 11.3. The molecule has 1 saturated heterocycles. The maximum atomic E-state index is 12.5. The maximum absolute atomic E-state index is 12.5. The van der Waals surface area contributed by atoms with E-state index in [1.165, 1.54) is 18.2 Å². The van der Waals surface area contributed by atoms with Crippen molar-refractivity contribution in [2.24, 2.45) is 0 Å². The molecule has 1 amide bonds. The highest BCUT2D eigenvalue weighted by molar-refractivity contribution is 6.31. The lowest BCUT2D eigenvalue weighted by Gasteiger charge is -2.15. The molecule has 1 N–H and O–H groups in total. The van der Waals surface area contributed by atoms with E-state index in [1.807, 2.05) is 0 Å². The van der Waals surface area contributed by atoms with Gasteiger partial charge in [0, 0.05) is 17.7 Å². The number of nitro groups is 1. The third-order valence-electron chi connectivity index (χ3n) is 3.98. The molecule has 0 bridgehead atoms. The van der Waals surface area contributed by atoms with Crippen molar-refractivity contribution >= 4 is 28.9 Å². The van der Waals surface area contributed by atoms with Crippen molar-refractivity contribution < 1.29 is 19.2 Å². The Labute approximate surface area is 155 Å². The van der Waals surface area contributed by atoms with Crippen molar-refractivity contribution in [2.45, 2.75) is 18.9 Å². The summed E-state index contributed by atoms with van der Waals surface area (Å²) in [4.78, 5) is 23.0. The number of halogens is 1. The average Bonchev–Trinajstić information content (AvgIpc) is 3.14. The van der Waals surface area contributed by atoms with E-state index in [2.05, 4.69) is 5.32 Å². The zero-order chi connectivity index (χ0) is 18.5. The number of carbonyl (C=O) groups is 1. The number of nitrogens with one attached hydrogen (secondary N) is 1. The summed E-state index contributed by atoms with van der Waals surface area (Å²) in [6.45, 7) is 1.08. The lowest BCUT2D eigenvalue weighted by atomic mass is 10.1. The van der Waals surface area contributed by atoms with Crippen molar-refractivity contribution in [1.82, 2.24) is 0 Å². The summed E-state index contributed by atoms with van der Waals surface area (Å²) >= 11 is 6.02. The predicted molar refractivity (Wildman–Crippen MR) is 97.0 cm³/mol. The normalized spacial score (nSPS) is 16.3. The molecule has 8 heteroatoms. The van der Waals surface area contributed by atoms with Gasteiger partial charge in [0.15, 0.2) is 0 Å². The van der Waals surface area contributed by atoms with Crippen LogP contribution in [0, 0.1) is 10.1 Å². The van der Waals surface area contributed by atoms with E-state index in [0.29, 0.717) is 23.1 Å². The minimum atomic E-state index is -0.610. The van der Waals surface area contributed by atoms with Crippen LogP contribution in [0.2, 0.25) is 5.02 Å². The van der Waals surface area contributed by atoms with Crippen molar-refractivity contribution in [2.75, 3.05) is 18.5 Å². The SMILES string of the molecule is O=C(Nc1cc(Cl)ccc1OC[C@@H]1CCCO1)c1ccccc1[N+](=O)[O-]. The van der Waals surface area contributed by atoms with Gasteiger partial charge in [-0.15, -0.1) is 0 Å². The van der Waals surface area contributed by atoms with Gasteiger partial charge in [-0.2, -0.15) is 0 Å². The molecule has 3 rings (SSSR count). The summed E-state index contributed by atoms with van der Waals surface area (Å²) in [5.74, 6) is -0.182. The summed E-state index contributed by atoms with van der Waals surface area (Å²) in [6, 6.07) is 10.6. The zero-order valence-electron chi connectivity index (χ0n) is 13.8. The largest absolute Gasteiger partial charge is 0.489 e. The Morgan fingerprint density at radius 1 is 1.35 bits per heavy atom. The molecule has 0 saturated carbocycles. The number of hydrogen-bond acceptors (Lipinski definition) is 5. The van der Waals surface area contributed by atoms with Crippen molar-refractivity contribution in [1.29, 1.82) is 0 Å². The van der Waals surface area contributed by atoms with E-state index >= 15 is 0 Å². The quantitative estimate of drug-likeness (QED) is 0.606. The summed E-state index contributed by atoms with van der Waals surface area (Å²) in [7, 11) is 0. The van der Waals surface area contributed by atoms with Gasteiger partial charge in [-0.05, 0) is 37.1 Å². The molecule has 0 aliphatic carbocycles. The fraction of sp³-hybridized carbons (Fsp3) is 0.278. The smallest absolute Gasteiger partial charge is 0.282 e. The lowest BCUT2D eigenvalue weighted by molar-refractivity contribution is -0.385. The first-order chi connectivity index (χ1) is 12.5. The second kappa shape index (κ2) is 8.16. The lowest BCUT2D eigenvalue weighted by Crippen LogP contribution is -2.18. The van der Waals surface area contributed by atoms with Crippen LogP contribution >= 0.6 is 11.6 Å². The number of carbonyl (C=O) groups excluding carboxylic acids is 1. The Bertz CT molecular complexity index is 821. The second-order valence-corrected chi connectivity index (χ2v) is 6.25. The van der Waals surface area contributed by atoms with Crippen LogP contribution < -0.4 is 10.1 Å². The highest BCUT2D eigenvalue weighted by atomic mass is 35.5. The molecule has 2 aromatic carbocycles. The molecular weight excluding hydrogens is 360 g/mol. The summed E-state index contributed by atoms with van der Waals surface area (Å²) in [5.41, 5.74) is 0.0371. The van der Waals surface area contributed by atoms with Gasteiger partial charge in [0.2, 0.25) is 0 Å². The van der Waals surface area contributed by atoms with Gasteiger partial charge in [-0.3, -0.25) is 14.9 Å². The predicted octanol–water partition coefficient (Wildman–Crippen LogP) is 4.06. The average molecular weight is 377 g/mol. The number of amides is 1. The molecule has 0 aromatic heterocycles. The second-order valence-electron chi connectivity index (χ2n) is 5.81. The molecule has 26 heavy (non-hydrogen) atoms. The number of nitro benzene ring substituents is 1. The number of rotatable bonds is 6. The van der Waals surface area contributed by atoms with Crippen LogP contribution in [0.25, 0.3) is 0 Å². The van der Waals surface area contributed by atoms with Crippen LogP contribution in [-0.2, 0) is 4.74 Å². The molecule has 0 unspecified atom stereocenters. The molecule has 0 spiro atoms. The number of para-hydroxylation sites is 1. The molecule has 0 radical (unpaired) electrons. The van der Waals surface area contributed by atoms with Crippen LogP contribution in [0.5, 0.6) is 5.75 Å². The molecule has 7 nitrogen and oxygen atoms in total. The number of anilines is 1. The number of nitrogens with zero attached hydrogens (tertiary/aromatic N) is 1. The third kappa shape index (κ3) is 4.30. The van der Waals surface area contributed by atoms with Gasteiger partial charge in [-0.25, -0.2) is 0 Å². The van der Waals surface area contributed by atoms with Gasteiger partial charge in [0.1, 0.15) is 17.9 Å². The van der Waals surface area contributed by atoms with E-state index < -0.39 is 10.8 Å². The fourth-order valence-corrected chi connectivity index (χ4v) is 2.87. The van der Waals surface area contributed by atoms with Gasteiger partial charge in [0.05, 0.1) is 16.7 Å². The molecule has 1 heterocycles. The summed E-state index contributed by atoms with van der Waals surface area (Å²) in [5, 5.41) is 14.2. The number of ether oxygens (including phenoxy) is 2. The Kier molecular flexibility index (Phi) is 5.70. The van der Waals surface area contributed by atoms with E-state index in [4.69, 9.17) is 21.1 Å². The van der Waals surface area contributed by atoms with Crippen molar-refractivity contribution in [3.63, 3.8) is 0 Å². The van der Waals surface area contributed by atoms with Gasteiger partial charge < -0.3 is 14.8 Å². The number of benzene rings is 2. The zero-order valence-corrected chi connectivity index (χ0v) is 14.6. The van der Waals surface area contributed by atoms with E-state index in [9.17, 15) is 14.9 Å². The minimum absolute atomic E-state index is 0.0180. The molecule has 2 aromatic rings. The Morgan fingerprint density at radius 2 is 2.15 bits per heavy atom. The van der Waals surface area contributed by atoms with Crippen LogP contribution in [0.15, 0.2) is 42.5 Å². The van der Waals surface area contributed by atoms with Crippen LogP contribution in [-0.4, -0.2) is 30.1 Å². The summed E-state index contributed by atoms with van der Waals surface area (Å²) in [6.07, 6.45) is 1.94. The topological polar surface area (TPSA) is 90.7 Å². The minimum Gasteiger partial charge on any atom is -0.489 e. The standard InChI is InChI=1S/C18H17ClN2O5/c19-12-7-8-17(26-11-13-4-3-9-25-13)15(10-12)20-18(22)14-5-1-2-6-16(14)21(23)24/h1-2,5-8,10,13H,3-4,9,11H2,(H,20,22)/t13-/m0/s1. The van der Waals surface area contributed by atoms with Gasteiger partial charge in [-0.1, -0.05) is 23.7 Å². The third-order valence-corrected chi connectivity index (χ3v) is 4.22. The van der Waals surface area contributed by atoms with Crippen LogP contribution in [0.1, 0.15) is 23.2 Å². The monoisotopic (exact) mass is 376 g/mol. The first-order valence-corrected chi connectivity index (χ1v) is 8.51.